The van der Waals surface area contributed by atoms with Crippen LogP contribution in [0.15, 0.2) is 24.3 Å². The van der Waals surface area contributed by atoms with Gasteiger partial charge in [-0.2, -0.15) is 0 Å². The summed E-state index contributed by atoms with van der Waals surface area (Å²) < 4.78 is 10.7. The number of carbonyl (C=O) groups is 2. The summed E-state index contributed by atoms with van der Waals surface area (Å²) in [4.78, 5) is 24.8. The van der Waals surface area contributed by atoms with Gasteiger partial charge in [0.05, 0.1) is 18.9 Å². The van der Waals surface area contributed by atoms with E-state index in [1.807, 2.05) is 13.0 Å². The van der Waals surface area contributed by atoms with Gasteiger partial charge < -0.3 is 9.47 Å². The van der Waals surface area contributed by atoms with Gasteiger partial charge in [-0.1, -0.05) is 18.2 Å². The summed E-state index contributed by atoms with van der Waals surface area (Å²) in [7, 11) is 1.37. The van der Waals surface area contributed by atoms with E-state index in [2.05, 4.69) is 18.2 Å². The number of ether oxygens (including phenoxy) is 2. The van der Waals surface area contributed by atoms with E-state index < -0.39 is 11.0 Å². The van der Waals surface area contributed by atoms with Crippen LogP contribution in [-0.4, -0.2) is 24.6 Å². The lowest BCUT2D eigenvalue weighted by Gasteiger charge is -2.37. The summed E-state index contributed by atoms with van der Waals surface area (Å²) in [6.45, 7) is 1.95. The first-order valence-electron chi connectivity index (χ1n) is 8.14. The molecule has 3 aliphatic rings. The van der Waals surface area contributed by atoms with E-state index >= 15 is 0 Å². The Morgan fingerprint density at radius 1 is 1.32 bits per heavy atom. The molecule has 0 aromatic rings. The zero-order chi connectivity index (χ0) is 15.8. The van der Waals surface area contributed by atoms with E-state index in [4.69, 9.17) is 9.47 Å². The molecule has 0 aliphatic heterocycles. The molecule has 0 aromatic carbocycles. The third kappa shape index (κ3) is 2.59. The average Bonchev–Trinajstić information content (AvgIpc) is 3.08. The zero-order valence-electron chi connectivity index (χ0n) is 13.3. The van der Waals surface area contributed by atoms with Crippen LogP contribution >= 0.6 is 0 Å². The van der Waals surface area contributed by atoms with Crippen LogP contribution in [0.5, 0.6) is 0 Å². The minimum absolute atomic E-state index is 0.0975. The maximum absolute atomic E-state index is 13.0. The Labute approximate surface area is 131 Å². The number of rotatable bonds is 4. The van der Waals surface area contributed by atoms with Crippen LogP contribution < -0.4 is 0 Å². The molecule has 120 valence electrons. The molecule has 4 unspecified atom stereocenters. The standard InChI is InChI=1S/C18H24O4/c1-17(8-4-3-5-9-17)22-16(20)18(12-15(19)21-2)11-13-6-7-14(18)10-13/h4,6-8,13-14H,3,5,9-12H2,1-2H3. The van der Waals surface area contributed by atoms with Crippen molar-refractivity contribution in [3.63, 3.8) is 0 Å². The van der Waals surface area contributed by atoms with E-state index in [0.717, 1.165) is 25.7 Å². The zero-order valence-corrected chi connectivity index (χ0v) is 13.3. The SMILES string of the molecule is COC(=O)CC1(C(=O)OC2(C)C=CCCC2)CC2C=CC1C2. The number of esters is 2. The van der Waals surface area contributed by atoms with Gasteiger partial charge in [0.25, 0.3) is 0 Å². The molecule has 3 aliphatic carbocycles. The maximum atomic E-state index is 13.0. The fraction of sp³-hybridized carbons (Fsp3) is 0.667. The number of methoxy groups -OCH3 is 1. The molecule has 2 bridgehead atoms. The van der Waals surface area contributed by atoms with Gasteiger partial charge in [0, 0.05) is 0 Å². The summed E-state index contributed by atoms with van der Waals surface area (Å²) >= 11 is 0. The highest BCUT2D eigenvalue weighted by Gasteiger charge is 2.56. The van der Waals surface area contributed by atoms with Gasteiger partial charge in [0.2, 0.25) is 0 Å². The first-order valence-corrected chi connectivity index (χ1v) is 8.14. The van der Waals surface area contributed by atoms with Crippen LogP contribution in [0.3, 0.4) is 0 Å². The molecule has 3 rings (SSSR count). The number of fused-ring (bicyclic) bond motifs is 2. The normalized spacial score (nSPS) is 39.0. The molecular formula is C18H24O4. The van der Waals surface area contributed by atoms with Gasteiger partial charge in [-0.25, -0.2) is 0 Å². The summed E-state index contributed by atoms with van der Waals surface area (Å²) in [5.74, 6) is -0.0804. The van der Waals surface area contributed by atoms with Crippen molar-refractivity contribution in [2.24, 2.45) is 17.3 Å². The first-order chi connectivity index (χ1) is 10.5. The van der Waals surface area contributed by atoms with Crippen molar-refractivity contribution in [3.8, 4) is 0 Å². The molecule has 0 radical (unpaired) electrons. The molecular weight excluding hydrogens is 280 g/mol. The van der Waals surface area contributed by atoms with E-state index in [0.29, 0.717) is 12.3 Å². The van der Waals surface area contributed by atoms with Crippen LogP contribution in [0.2, 0.25) is 0 Å². The van der Waals surface area contributed by atoms with Crippen LogP contribution in [-0.2, 0) is 19.1 Å². The van der Waals surface area contributed by atoms with E-state index in [9.17, 15) is 9.59 Å². The van der Waals surface area contributed by atoms with Crippen LogP contribution in [0.1, 0.15) is 45.4 Å². The highest BCUT2D eigenvalue weighted by atomic mass is 16.6. The second kappa shape index (κ2) is 5.56. The molecule has 4 atom stereocenters. The van der Waals surface area contributed by atoms with Gasteiger partial charge in [-0.15, -0.1) is 0 Å². The van der Waals surface area contributed by atoms with Gasteiger partial charge in [-0.3, -0.25) is 9.59 Å². The smallest absolute Gasteiger partial charge is 0.314 e. The minimum Gasteiger partial charge on any atom is -0.469 e. The van der Waals surface area contributed by atoms with Gasteiger partial charge in [0.15, 0.2) is 0 Å². The van der Waals surface area contributed by atoms with Crippen molar-refractivity contribution in [1.82, 2.24) is 0 Å². The third-order valence-electron chi connectivity index (χ3n) is 5.44. The molecule has 4 nitrogen and oxygen atoms in total. The monoisotopic (exact) mass is 304 g/mol. The van der Waals surface area contributed by atoms with Gasteiger partial charge in [-0.05, 0) is 56.9 Å². The molecule has 22 heavy (non-hydrogen) atoms. The van der Waals surface area contributed by atoms with E-state index in [1.54, 1.807) is 0 Å². The molecule has 1 fully saturated rings. The molecule has 0 amide bonds. The fourth-order valence-electron chi connectivity index (χ4n) is 4.18. The largest absolute Gasteiger partial charge is 0.469 e. The number of allylic oxidation sites excluding steroid dienone is 3. The molecule has 0 aromatic heterocycles. The van der Waals surface area contributed by atoms with Crippen molar-refractivity contribution in [3.05, 3.63) is 24.3 Å². The second-order valence-electron chi connectivity index (χ2n) is 7.10. The number of carbonyl (C=O) groups excluding carboxylic acids is 2. The van der Waals surface area contributed by atoms with E-state index in [1.165, 1.54) is 7.11 Å². The van der Waals surface area contributed by atoms with Crippen molar-refractivity contribution in [2.75, 3.05) is 7.11 Å². The summed E-state index contributed by atoms with van der Waals surface area (Å²) in [6, 6.07) is 0. The Bertz CT molecular complexity index is 535. The molecule has 0 heterocycles. The average molecular weight is 304 g/mol. The molecule has 0 N–H and O–H groups in total. The van der Waals surface area contributed by atoms with E-state index in [-0.39, 0.29) is 24.3 Å². The van der Waals surface area contributed by atoms with Crippen molar-refractivity contribution < 1.29 is 19.1 Å². The van der Waals surface area contributed by atoms with Crippen LogP contribution in [0.4, 0.5) is 0 Å². The quantitative estimate of drug-likeness (QED) is 0.591. The molecule has 4 heteroatoms. The number of hydrogen-bond acceptors (Lipinski definition) is 4. The van der Waals surface area contributed by atoms with Crippen molar-refractivity contribution >= 4 is 11.9 Å². The second-order valence-corrected chi connectivity index (χ2v) is 7.10. The van der Waals surface area contributed by atoms with Crippen molar-refractivity contribution in [1.29, 1.82) is 0 Å². The maximum Gasteiger partial charge on any atom is 0.314 e. The third-order valence-corrected chi connectivity index (χ3v) is 5.44. The van der Waals surface area contributed by atoms with Gasteiger partial charge >= 0.3 is 11.9 Å². The Balaban J connectivity index is 1.82. The summed E-state index contributed by atoms with van der Waals surface area (Å²) in [5.41, 5.74) is -1.27. The summed E-state index contributed by atoms with van der Waals surface area (Å²) in [5, 5.41) is 0. The fourth-order valence-corrected chi connectivity index (χ4v) is 4.18. The molecule has 0 spiro atoms. The first kappa shape index (κ1) is 15.3. The highest BCUT2D eigenvalue weighted by molar-refractivity contribution is 5.85. The topological polar surface area (TPSA) is 52.6 Å². The lowest BCUT2D eigenvalue weighted by Crippen LogP contribution is -2.43. The Morgan fingerprint density at radius 2 is 2.14 bits per heavy atom. The predicted octanol–water partition coefficient (Wildman–Crippen LogP) is 3.17. The van der Waals surface area contributed by atoms with Crippen LogP contribution in [0.25, 0.3) is 0 Å². The van der Waals surface area contributed by atoms with Gasteiger partial charge in [0.1, 0.15) is 5.60 Å². The Hall–Kier alpha value is -1.58. The van der Waals surface area contributed by atoms with Crippen LogP contribution in [0, 0.1) is 17.3 Å². The summed E-state index contributed by atoms with van der Waals surface area (Å²) in [6.07, 6.45) is 13.0. The lowest BCUT2D eigenvalue weighted by molar-refractivity contribution is -0.173. The Morgan fingerprint density at radius 3 is 2.68 bits per heavy atom. The number of hydrogen-bond donors (Lipinski definition) is 0. The minimum atomic E-state index is -0.735. The predicted molar refractivity (Wildman–Crippen MR) is 81.9 cm³/mol. The highest BCUT2D eigenvalue weighted by Crippen LogP contribution is 2.55. The molecule has 0 saturated heterocycles. The Kier molecular flexibility index (Phi) is 3.87. The van der Waals surface area contributed by atoms with Crippen molar-refractivity contribution in [2.45, 2.75) is 51.0 Å². The lowest BCUT2D eigenvalue weighted by atomic mass is 9.73. The molecule has 1 saturated carbocycles.